The van der Waals surface area contributed by atoms with Crippen molar-refractivity contribution >= 4 is 17.5 Å². The lowest BCUT2D eigenvalue weighted by Crippen LogP contribution is -2.50. The molecule has 8 heteroatoms. The number of amides is 2. The Kier molecular flexibility index (Phi) is 5.26. The molecule has 0 atom stereocenters. The van der Waals surface area contributed by atoms with Gasteiger partial charge in [-0.15, -0.1) is 0 Å². The van der Waals surface area contributed by atoms with Gasteiger partial charge in [0.2, 0.25) is 0 Å². The van der Waals surface area contributed by atoms with Crippen LogP contribution < -0.4 is 5.73 Å². The Morgan fingerprint density at radius 1 is 1.00 bits per heavy atom. The molecule has 4 rings (SSSR count). The summed E-state index contributed by atoms with van der Waals surface area (Å²) in [6, 6.07) is 7.56. The Morgan fingerprint density at radius 2 is 1.66 bits per heavy atom. The maximum atomic E-state index is 13.0. The van der Waals surface area contributed by atoms with Crippen molar-refractivity contribution in [3.63, 3.8) is 0 Å². The Morgan fingerprint density at radius 3 is 2.31 bits per heavy atom. The summed E-state index contributed by atoms with van der Waals surface area (Å²) in [4.78, 5) is 33.6. The molecule has 1 aliphatic rings. The van der Waals surface area contributed by atoms with E-state index in [1.54, 1.807) is 26.7 Å². The summed E-state index contributed by atoms with van der Waals surface area (Å²) in [5.74, 6) is -0.108. The minimum absolute atomic E-state index is 0.00202. The second-order valence-electron chi connectivity index (χ2n) is 7.28. The summed E-state index contributed by atoms with van der Waals surface area (Å²) in [5.41, 5.74) is 9.37. The number of aryl methyl sites for hydroxylation is 1. The van der Waals surface area contributed by atoms with Gasteiger partial charge in [0.15, 0.2) is 5.65 Å². The zero-order valence-electron chi connectivity index (χ0n) is 16.4. The first-order valence-corrected chi connectivity index (χ1v) is 9.74. The SMILES string of the molecule is Cc1ccc(C(=O)N2CCN(C(=O)c3cnn4cc(CCN)cnc34)CC2)cc1. The molecule has 2 aromatic heterocycles. The van der Waals surface area contributed by atoms with Crippen molar-refractivity contribution in [2.75, 3.05) is 32.7 Å². The van der Waals surface area contributed by atoms with Crippen LogP contribution in [0.3, 0.4) is 0 Å². The van der Waals surface area contributed by atoms with Crippen LogP contribution in [0.5, 0.6) is 0 Å². The maximum Gasteiger partial charge on any atom is 0.259 e. The molecular weight excluding hydrogens is 368 g/mol. The molecule has 1 aliphatic heterocycles. The highest BCUT2D eigenvalue weighted by Gasteiger charge is 2.27. The second-order valence-corrected chi connectivity index (χ2v) is 7.28. The van der Waals surface area contributed by atoms with Gasteiger partial charge in [0.05, 0.1) is 6.20 Å². The number of carbonyl (C=O) groups is 2. The average Bonchev–Trinajstić information content (AvgIpc) is 3.17. The van der Waals surface area contributed by atoms with Crippen molar-refractivity contribution in [3.05, 3.63) is 65.1 Å². The second kappa shape index (κ2) is 8.00. The predicted molar refractivity (Wildman–Crippen MR) is 109 cm³/mol. The highest BCUT2D eigenvalue weighted by atomic mass is 16.2. The molecule has 3 heterocycles. The fraction of sp³-hybridized carbons (Fsp3) is 0.333. The smallest absolute Gasteiger partial charge is 0.259 e. The van der Waals surface area contributed by atoms with Crippen molar-refractivity contribution < 1.29 is 9.59 Å². The van der Waals surface area contributed by atoms with Crippen LogP contribution in [-0.2, 0) is 6.42 Å². The van der Waals surface area contributed by atoms with Gasteiger partial charge in [0, 0.05) is 44.1 Å². The van der Waals surface area contributed by atoms with Crippen molar-refractivity contribution in [2.45, 2.75) is 13.3 Å². The summed E-state index contributed by atoms with van der Waals surface area (Å²) in [7, 11) is 0. The van der Waals surface area contributed by atoms with E-state index in [1.807, 2.05) is 37.4 Å². The van der Waals surface area contributed by atoms with Gasteiger partial charge in [-0.05, 0) is 37.6 Å². The molecule has 0 radical (unpaired) electrons. The number of carbonyl (C=O) groups excluding carboxylic acids is 2. The third-order valence-corrected chi connectivity index (χ3v) is 5.23. The zero-order valence-corrected chi connectivity index (χ0v) is 16.4. The van der Waals surface area contributed by atoms with Gasteiger partial charge in [-0.1, -0.05) is 17.7 Å². The fourth-order valence-electron chi connectivity index (χ4n) is 3.52. The number of hydrogen-bond donors (Lipinski definition) is 1. The molecule has 3 aromatic rings. The maximum absolute atomic E-state index is 13.0. The van der Waals surface area contributed by atoms with Crippen LogP contribution in [-0.4, -0.2) is 68.9 Å². The Labute approximate surface area is 168 Å². The molecule has 0 saturated carbocycles. The largest absolute Gasteiger partial charge is 0.335 e. The number of aromatic nitrogens is 3. The summed E-state index contributed by atoms with van der Waals surface area (Å²) >= 11 is 0. The Balaban J connectivity index is 1.43. The third kappa shape index (κ3) is 3.84. The van der Waals surface area contributed by atoms with Crippen molar-refractivity contribution in [2.24, 2.45) is 5.73 Å². The van der Waals surface area contributed by atoms with E-state index < -0.39 is 0 Å². The van der Waals surface area contributed by atoms with E-state index in [4.69, 9.17) is 5.73 Å². The van der Waals surface area contributed by atoms with E-state index in [0.717, 1.165) is 11.1 Å². The van der Waals surface area contributed by atoms with E-state index >= 15 is 0 Å². The van der Waals surface area contributed by atoms with E-state index in [2.05, 4.69) is 10.1 Å². The van der Waals surface area contributed by atoms with Gasteiger partial charge in [-0.3, -0.25) is 9.59 Å². The number of piperazine rings is 1. The zero-order chi connectivity index (χ0) is 20.4. The van der Waals surface area contributed by atoms with Gasteiger partial charge in [-0.25, -0.2) is 9.50 Å². The van der Waals surface area contributed by atoms with Crippen molar-refractivity contribution in [1.29, 1.82) is 0 Å². The van der Waals surface area contributed by atoms with Gasteiger partial charge >= 0.3 is 0 Å². The first-order valence-electron chi connectivity index (χ1n) is 9.74. The molecule has 0 unspecified atom stereocenters. The van der Waals surface area contributed by atoms with Gasteiger partial charge in [0.25, 0.3) is 11.8 Å². The lowest BCUT2D eigenvalue weighted by atomic mass is 10.1. The molecule has 1 fully saturated rings. The number of hydrogen-bond acceptors (Lipinski definition) is 5. The van der Waals surface area contributed by atoms with Gasteiger partial charge in [-0.2, -0.15) is 5.10 Å². The summed E-state index contributed by atoms with van der Waals surface area (Å²) in [6.45, 7) is 4.51. The van der Waals surface area contributed by atoms with Gasteiger partial charge < -0.3 is 15.5 Å². The highest BCUT2D eigenvalue weighted by Crippen LogP contribution is 2.15. The number of nitrogens with zero attached hydrogens (tertiary/aromatic N) is 5. The molecule has 1 aromatic carbocycles. The number of rotatable bonds is 4. The van der Waals surface area contributed by atoms with Crippen molar-refractivity contribution in [1.82, 2.24) is 24.4 Å². The topological polar surface area (TPSA) is 96.8 Å². The molecule has 29 heavy (non-hydrogen) atoms. The normalized spacial score (nSPS) is 14.4. The van der Waals surface area contributed by atoms with Crippen LogP contribution in [0.1, 0.15) is 31.8 Å². The van der Waals surface area contributed by atoms with Crippen LogP contribution in [0.2, 0.25) is 0 Å². The monoisotopic (exact) mass is 392 g/mol. The minimum Gasteiger partial charge on any atom is -0.335 e. The molecule has 2 N–H and O–H groups in total. The number of nitrogens with two attached hydrogens (primary N) is 1. The third-order valence-electron chi connectivity index (χ3n) is 5.23. The first kappa shape index (κ1) is 19.1. The molecule has 8 nitrogen and oxygen atoms in total. The standard InChI is InChI=1S/C21H24N6O2/c1-15-2-4-17(5-3-15)20(28)25-8-10-26(11-9-25)21(29)18-13-24-27-14-16(6-7-22)12-23-19(18)27/h2-5,12-14H,6-11,22H2,1H3. The quantitative estimate of drug-likeness (QED) is 0.718. The first-order chi connectivity index (χ1) is 14.1. The molecule has 0 spiro atoms. The van der Waals surface area contributed by atoms with Crippen LogP contribution in [0.25, 0.3) is 5.65 Å². The Bertz CT molecular complexity index is 1040. The summed E-state index contributed by atoms with van der Waals surface area (Å²) in [5, 5.41) is 4.27. The number of fused-ring (bicyclic) bond motifs is 1. The molecular formula is C21H24N6O2. The fourth-order valence-corrected chi connectivity index (χ4v) is 3.52. The molecule has 0 aliphatic carbocycles. The van der Waals surface area contributed by atoms with Crippen LogP contribution >= 0.6 is 0 Å². The van der Waals surface area contributed by atoms with E-state index in [0.29, 0.717) is 55.9 Å². The summed E-state index contributed by atoms with van der Waals surface area (Å²) in [6.07, 6.45) is 5.85. The van der Waals surface area contributed by atoms with Crippen LogP contribution in [0.4, 0.5) is 0 Å². The summed E-state index contributed by atoms with van der Waals surface area (Å²) < 4.78 is 1.62. The predicted octanol–water partition coefficient (Wildman–Crippen LogP) is 1.14. The van der Waals surface area contributed by atoms with Crippen LogP contribution in [0.15, 0.2) is 42.9 Å². The molecule has 150 valence electrons. The molecule has 2 amide bonds. The van der Waals surface area contributed by atoms with E-state index in [-0.39, 0.29) is 11.8 Å². The minimum atomic E-state index is -0.110. The van der Waals surface area contributed by atoms with Crippen molar-refractivity contribution in [3.8, 4) is 0 Å². The van der Waals surface area contributed by atoms with Gasteiger partial charge in [0.1, 0.15) is 5.56 Å². The molecule has 1 saturated heterocycles. The lowest BCUT2D eigenvalue weighted by molar-refractivity contribution is 0.0536. The molecule has 0 bridgehead atoms. The number of benzene rings is 1. The van der Waals surface area contributed by atoms with E-state index in [9.17, 15) is 9.59 Å². The van der Waals surface area contributed by atoms with E-state index in [1.165, 1.54) is 0 Å². The average molecular weight is 392 g/mol. The lowest BCUT2D eigenvalue weighted by Gasteiger charge is -2.34. The van der Waals surface area contributed by atoms with Crippen LogP contribution in [0, 0.1) is 6.92 Å². The highest BCUT2D eigenvalue weighted by molar-refractivity contribution is 6.00. The Hall–Kier alpha value is -3.26.